The molecule has 0 aliphatic carbocycles. The van der Waals surface area contributed by atoms with Crippen LogP contribution in [0.5, 0.6) is 0 Å². The van der Waals surface area contributed by atoms with Gasteiger partial charge in [-0.2, -0.15) is 0 Å². The second kappa shape index (κ2) is 10.6. The van der Waals surface area contributed by atoms with E-state index in [0.29, 0.717) is 17.5 Å². The Morgan fingerprint density at radius 1 is 1.36 bits per heavy atom. The summed E-state index contributed by atoms with van der Waals surface area (Å²) >= 11 is 0. The van der Waals surface area contributed by atoms with Crippen LogP contribution >= 0.6 is 24.0 Å². The first-order chi connectivity index (χ1) is 11.5. The first-order valence-electron chi connectivity index (χ1n) is 8.49. The van der Waals surface area contributed by atoms with Crippen molar-refractivity contribution in [3.8, 4) is 0 Å². The second-order valence-electron chi connectivity index (χ2n) is 6.69. The molecule has 0 radical (unpaired) electrons. The third-order valence-electron chi connectivity index (χ3n) is 4.14. The Bertz CT molecular complexity index is 577. The van der Waals surface area contributed by atoms with Crippen molar-refractivity contribution in [2.24, 2.45) is 16.8 Å². The molecule has 25 heavy (non-hydrogen) atoms. The first-order valence-corrected chi connectivity index (χ1v) is 8.49. The number of rotatable bonds is 5. The quantitative estimate of drug-likeness (QED) is 0.401. The lowest BCUT2D eigenvalue weighted by molar-refractivity contribution is -0.115. The van der Waals surface area contributed by atoms with Crippen molar-refractivity contribution in [2.75, 3.05) is 32.0 Å². The van der Waals surface area contributed by atoms with Gasteiger partial charge < -0.3 is 15.5 Å². The van der Waals surface area contributed by atoms with Crippen molar-refractivity contribution in [3.05, 3.63) is 30.1 Å². The molecule has 0 saturated carbocycles. The minimum absolute atomic E-state index is 0. The van der Waals surface area contributed by atoms with Crippen molar-refractivity contribution in [1.29, 1.82) is 0 Å². The van der Waals surface area contributed by atoms with Crippen LogP contribution in [0.3, 0.4) is 0 Å². The monoisotopic (exact) mass is 462 g/mol. The number of benzene rings is 1. The van der Waals surface area contributed by atoms with Gasteiger partial charge in [-0.15, -0.1) is 24.0 Å². The molecule has 1 aliphatic heterocycles. The molecule has 1 amide bonds. The van der Waals surface area contributed by atoms with Gasteiger partial charge in [-0.25, -0.2) is 4.39 Å². The summed E-state index contributed by atoms with van der Waals surface area (Å²) in [6.07, 6.45) is 2.39. The average molecular weight is 462 g/mol. The first kappa shape index (κ1) is 21.7. The van der Waals surface area contributed by atoms with Crippen LogP contribution in [0.4, 0.5) is 10.1 Å². The molecule has 1 atom stereocenters. The van der Waals surface area contributed by atoms with Gasteiger partial charge in [0.05, 0.1) is 6.54 Å². The van der Waals surface area contributed by atoms with Crippen molar-refractivity contribution in [2.45, 2.75) is 26.7 Å². The third-order valence-corrected chi connectivity index (χ3v) is 4.14. The number of likely N-dealkylation sites (tertiary alicyclic amines) is 1. The van der Waals surface area contributed by atoms with Crippen LogP contribution in [0.2, 0.25) is 0 Å². The highest BCUT2D eigenvalue weighted by Crippen LogP contribution is 2.23. The van der Waals surface area contributed by atoms with E-state index >= 15 is 0 Å². The van der Waals surface area contributed by atoms with Crippen molar-refractivity contribution < 1.29 is 9.18 Å². The van der Waals surface area contributed by atoms with E-state index in [4.69, 9.17) is 0 Å². The van der Waals surface area contributed by atoms with Crippen LogP contribution in [0.1, 0.15) is 26.7 Å². The SMILES string of the molecule is CN=C(NCC(=O)Nc1ccc(F)cc1)N1CCC(CC(C)C)C1.I. The molecule has 5 nitrogen and oxygen atoms in total. The summed E-state index contributed by atoms with van der Waals surface area (Å²) in [7, 11) is 1.73. The zero-order chi connectivity index (χ0) is 17.5. The van der Waals surface area contributed by atoms with Crippen LogP contribution in [0, 0.1) is 17.7 Å². The van der Waals surface area contributed by atoms with E-state index in [1.165, 1.54) is 25.0 Å². The molecule has 1 aromatic carbocycles. The normalized spacial score (nSPS) is 17.4. The summed E-state index contributed by atoms with van der Waals surface area (Å²) in [6, 6.07) is 5.72. The molecule has 1 fully saturated rings. The molecule has 0 aromatic heterocycles. The molecule has 2 N–H and O–H groups in total. The minimum Gasteiger partial charge on any atom is -0.347 e. The largest absolute Gasteiger partial charge is 0.347 e. The Labute approximate surface area is 166 Å². The van der Waals surface area contributed by atoms with E-state index in [0.717, 1.165) is 19.0 Å². The van der Waals surface area contributed by atoms with E-state index in [1.54, 1.807) is 19.2 Å². The van der Waals surface area contributed by atoms with Gasteiger partial charge in [0.2, 0.25) is 5.91 Å². The van der Waals surface area contributed by atoms with Crippen molar-refractivity contribution in [3.63, 3.8) is 0 Å². The number of nitrogens with one attached hydrogen (secondary N) is 2. The Balaban J connectivity index is 0.00000312. The molecule has 0 bridgehead atoms. The summed E-state index contributed by atoms with van der Waals surface area (Å²) in [4.78, 5) is 18.5. The number of carbonyl (C=O) groups is 1. The Morgan fingerprint density at radius 3 is 2.64 bits per heavy atom. The smallest absolute Gasteiger partial charge is 0.243 e. The molecule has 1 aliphatic rings. The van der Waals surface area contributed by atoms with Gasteiger partial charge in [-0.1, -0.05) is 13.8 Å². The average Bonchev–Trinajstić information content (AvgIpc) is 2.98. The van der Waals surface area contributed by atoms with Gasteiger partial charge in [0.25, 0.3) is 0 Å². The molecule has 0 spiro atoms. The number of amides is 1. The van der Waals surface area contributed by atoms with Crippen molar-refractivity contribution >= 4 is 41.5 Å². The highest BCUT2D eigenvalue weighted by atomic mass is 127. The maximum absolute atomic E-state index is 12.9. The van der Waals surface area contributed by atoms with Gasteiger partial charge in [0.1, 0.15) is 5.82 Å². The zero-order valence-corrected chi connectivity index (χ0v) is 17.4. The molecule has 1 unspecified atom stereocenters. The maximum atomic E-state index is 12.9. The summed E-state index contributed by atoms with van der Waals surface area (Å²) < 4.78 is 12.9. The van der Waals surface area contributed by atoms with E-state index in [-0.39, 0.29) is 42.2 Å². The summed E-state index contributed by atoms with van der Waals surface area (Å²) in [5.74, 6) is 1.65. The van der Waals surface area contributed by atoms with Crippen LogP contribution in [0.25, 0.3) is 0 Å². The Morgan fingerprint density at radius 2 is 2.04 bits per heavy atom. The molecular formula is C18H28FIN4O. The summed E-state index contributed by atoms with van der Waals surface area (Å²) in [6.45, 7) is 6.58. The van der Waals surface area contributed by atoms with Crippen LogP contribution in [-0.2, 0) is 4.79 Å². The predicted octanol–water partition coefficient (Wildman–Crippen LogP) is 3.33. The Hall–Kier alpha value is -1.38. The molecule has 1 saturated heterocycles. The van der Waals surface area contributed by atoms with Gasteiger partial charge in [-0.05, 0) is 48.9 Å². The van der Waals surface area contributed by atoms with Gasteiger partial charge in [-0.3, -0.25) is 9.79 Å². The second-order valence-corrected chi connectivity index (χ2v) is 6.69. The third kappa shape index (κ3) is 7.17. The maximum Gasteiger partial charge on any atom is 0.243 e. The van der Waals surface area contributed by atoms with E-state index in [1.807, 2.05) is 0 Å². The minimum atomic E-state index is -0.323. The fraction of sp³-hybridized carbons (Fsp3) is 0.556. The Kier molecular flexibility index (Phi) is 9.16. The van der Waals surface area contributed by atoms with Gasteiger partial charge >= 0.3 is 0 Å². The van der Waals surface area contributed by atoms with Gasteiger partial charge in [0, 0.05) is 25.8 Å². The van der Waals surface area contributed by atoms with E-state index in [9.17, 15) is 9.18 Å². The highest BCUT2D eigenvalue weighted by molar-refractivity contribution is 14.0. The van der Waals surface area contributed by atoms with Crippen LogP contribution in [-0.4, -0.2) is 43.4 Å². The van der Waals surface area contributed by atoms with Crippen LogP contribution < -0.4 is 10.6 Å². The lowest BCUT2D eigenvalue weighted by Crippen LogP contribution is -2.43. The number of anilines is 1. The number of hydrogen-bond acceptors (Lipinski definition) is 2. The topological polar surface area (TPSA) is 56.7 Å². The highest BCUT2D eigenvalue weighted by Gasteiger charge is 2.25. The number of aliphatic imine (C=N–C) groups is 1. The molecule has 1 heterocycles. The summed E-state index contributed by atoms with van der Waals surface area (Å²) in [5.41, 5.74) is 0.580. The summed E-state index contributed by atoms with van der Waals surface area (Å²) in [5, 5.41) is 5.84. The lowest BCUT2D eigenvalue weighted by Gasteiger charge is -2.22. The fourth-order valence-corrected chi connectivity index (χ4v) is 3.11. The van der Waals surface area contributed by atoms with E-state index in [2.05, 4.69) is 34.4 Å². The van der Waals surface area contributed by atoms with Crippen molar-refractivity contribution in [1.82, 2.24) is 10.2 Å². The zero-order valence-electron chi connectivity index (χ0n) is 15.1. The van der Waals surface area contributed by atoms with Gasteiger partial charge in [0.15, 0.2) is 5.96 Å². The molecule has 1 aromatic rings. The number of nitrogens with zero attached hydrogens (tertiary/aromatic N) is 2. The molecule has 140 valence electrons. The van der Waals surface area contributed by atoms with E-state index < -0.39 is 0 Å². The standard InChI is InChI=1S/C18H27FN4O.HI/c1-13(2)10-14-8-9-23(12-14)18(20-3)21-11-17(24)22-16-6-4-15(19)5-7-16;/h4-7,13-14H,8-12H2,1-3H3,(H,20,21)(H,22,24);1H. The molecular weight excluding hydrogens is 434 g/mol. The van der Waals surface area contributed by atoms with Crippen LogP contribution in [0.15, 0.2) is 29.3 Å². The number of hydrogen-bond donors (Lipinski definition) is 2. The number of halogens is 2. The number of guanidine groups is 1. The molecule has 7 heteroatoms. The fourth-order valence-electron chi connectivity index (χ4n) is 3.11. The predicted molar refractivity (Wildman–Crippen MR) is 111 cm³/mol. The number of carbonyl (C=O) groups excluding carboxylic acids is 1. The lowest BCUT2D eigenvalue weighted by atomic mass is 9.97. The molecule has 2 rings (SSSR count).